The zero-order chi connectivity index (χ0) is 14.5. The topological polar surface area (TPSA) is 24.5 Å². The summed E-state index contributed by atoms with van der Waals surface area (Å²) >= 11 is 0. The molecule has 3 heteroatoms. The van der Waals surface area contributed by atoms with Crippen molar-refractivity contribution in [1.29, 1.82) is 0 Å². The molecule has 1 aromatic rings. The van der Waals surface area contributed by atoms with Gasteiger partial charge in [0.15, 0.2) is 0 Å². The molecule has 0 aromatic heterocycles. The second-order valence-electron chi connectivity index (χ2n) is 6.02. The normalized spacial score (nSPS) is 22.1. The Bertz CT molecular complexity index is 419. The third-order valence-corrected chi connectivity index (χ3v) is 4.38. The van der Waals surface area contributed by atoms with Crippen LogP contribution in [0, 0.1) is 6.92 Å². The van der Waals surface area contributed by atoms with Gasteiger partial charge in [-0.15, -0.1) is 0 Å². The first-order chi connectivity index (χ1) is 9.61. The first-order valence-corrected chi connectivity index (χ1v) is 7.69. The molecular weight excluding hydrogens is 248 g/mol. The van der Waals surface area contributed by atoms with E-state index in [9.17, 15) is 0 Å². The van der Waals surface area contributed by atoms with Crippen LogP contribution in [0.1, 0.15) is 25.0 Å². The highest BCUT2D eigenvalue weighted by molar-refractivity contribution is 5.26. The molecule has 0 amide bonds. The molecule has 0 bridgehead atoms. The zero-order valence-electron chi connectivity index (χ0n) is 13.2. The highest BCUT2D eigenvalue weighted by Crippen LogP contribution is 2.17. The van der Waals surface area contributed by atoms with E-state index in [-0.39, 0.29) is 6.10 Å². The van der Waals surface area contributed by atoms with Crippen LogP contribution in [0.4, 0.5) is 0 Å². The van der Waals surface area contributed by atoms with Crippen molar-refractivity contribution in [3.63, 3.8) is 0 Å². The van der Waals surface area contributed by atoms with Crippen LogP contribution in [0.15, 0.2) is 24.3 Å². The van der Waals surface area contributed by atoms with Crippen LogP contribution in [0.5, 0.6) is 0 Å². The maximum absolute atomic E-state index is 6.02. The summed E-state index contributed by atoms with van der Waals surface area (Å²) in [5, 5.41) is 3.46. The number of benzene rings is 1. The fourth-order valence-corrected chi connectivity index (χ4v) is 2.90. The van der Waals surface area contributed by atoms with Gasteiger partial charge in [0.1, 0.15) is 0 Å². The van der Waals surface area contributed by atoms with Gasteiger partial charge in [-0.1, -0.05) is 24.3 Å². The fourth-order valence-electron chi connectivity index (χ4n) is 2.90. The Balaban J connectivity index is 2.03. The molecule has 1 saturated heterocycles. The Morgan fingerprint density at radius 2 is 2.10 bits per heavy atom. The van der Waals surface area contributed by atoms with Gasteiger partial charge in [0.25, 0.3) is 0 Å². The SMILES string of the molecule is CNC(Cc1ccccc1C)C1CN(C(C)C)CCO1. The third-order valence-electron chi connectivity index (χ3n) is 4.38. The number of likely N-dealkylation sites (N-methyl/N-ethyl adjacent to an activating group) is 1. The Morgan fingerprint density at radius 3 is 2.75 bits per heavy atom. The predicted octanol–water partition coefficient (Wildman–Crippen LogP) is 2.23. The van der Waals surface area contributed by atoms with E-state index in [1.54, 1.807) is 0 Å². The van der Waals surface area contributed by atoms with Crippen LogP contribution in [0.3, 0.4) is 0 Å². The molecule has 20 heavy (non-hydrogen) atoms. The Labute approximate surface area is 123 Å². The first kappa shape index (κ1) is 15.5. The van der Waals surface area contributed by atoms with Crippen molar-refractivity contribution in [2.75, 3.05) is 26.7 Å². The van der Waals surface area contributed by atoms with Crippen LogP contribution in [-0.2, 0) is 11.2 Å². The Hall–Kier alpha value is -0.900. The van der Waals surface area contributed by atoms with E-state index in [4.69, 9.17) is 4.74 Å². The van der Waals surface area contributed by atoms with Crippen LogP contribution < -0.4 is 5.32 Å². The van der Waals surface area contributed by atoms with E-state index in [1.165, 1.54) is 11.1 Å². The second kappa shape index (κ2) is 7.21. The number of nitrogens with zero attached hydrogens (tertiary/aromatic N) is 1. The molecular formula is C17H28N2O. The molecule has 0 spiro atoms. The van der Waals surface area contributed by atoms with Crippen LogP contribution >= 0.6 is 0 Å². The van der Waals surface area contributed by atoms with Gasteiger partial charge in [0.05, 0.1) is 12.7 Å². The lowest BCUT2D eigenvalue weighted by Gasteiger charge is -2.39. The van der Waals surface area contributed by atoms with E-state index >= 15 is 0 Å². The van der Waals surface area contributed by atoms with Crippen molar-refractivity contribution in [3.8, 4) is 0 Å². The van der Waals surface area contributed by atoms with Crippen molar-refractivity contribution >= 4 is 0 Å². The molecule has 3 nitrogen and oxygen atoms in total. The monoisotopic (exact) mass is 276 g/mol. The summed E-state index contributed by atoms with van der Waals surface area (Å²) in [5.74, 6) is 0. The van der Waals surface area contributed by atoms with Crippen molar-refractivity contribution in [3.05, 3.63) is 35.4 Å². The molecule has 1 aliphatic heterocycles. The summed E-state index contributed by atoms with van der Waals surface area (Å²) in [6.07, 6.45) is 1.30. The quantitative estimate of drug-likeness (QED) is 0.892. The molecule has 1 fully saturated rings. The summed E-state index contributed by atoms with van der Waals surface area (Å²) in [5.41, 5.74) is 2.78. The lowest BCUT2D eigenvalue weighted by Crippen LogP contribution is -2.53. The average molecular weight is 276 g/mol. The van der Waals surface area contributed by atoms with Crippen molar-refractivity contribution in [1.82, 2.24) is 10.2 Å². The summed E-state index contributed by atoms with van der Waals surface area (Å²) < 4.78 is 6.02. The average Bonchev–Trinajstić information content (AvgIpc) is 2.46. The third kappa shape index (κ3) is 3.81. The van der Waals surface area contributed by atoms with Gasteiger partial charge in [-0.3, -0.25) is 4.90 Å². The van der Waals surface area contributed by atoms with Crippen molar-refractivity contribution in [2.24, 2.45) is 0 Å². The van der Waals surface area contributed by atoms with Crippen molar-refractivity contribution in [2.45, 2.75) is 45.4 Å². The number of aryl methyl sites for hydroxylation is 1. The molecule has 1 N–H and O–H groups in total. The first-order valence-electron chi connectivity index (χ1n) is 7.69. The number of nitrogens with one attached hydrogen (secondary N) is 1. The molecule has 2 rings (SSSR count). The van der Waals surface area contributed by atoms with Gasteiger partial charge >= 0.3 is 0 Å². The van der Waals surface area contributed by atoms with Gasteiger partial charge in [0.2, 0.25) is 0 Å². The minimum Gasteiger partial charge on any atom is -0.374 e. The highest BCUT2D eigenvalue weighted by atomic mass is 16.5. The minimum absolute atomic E-state index is 0.274. The molecule has 2 atom stereocenters. The molecule has 0 saturated carbocycles. The molecule has 0 aliphatic carbocycles. The fraction of sp³-hybridized carbons (Fsp3) is 0.647. The minimum atomic E-state index is 0.274. The number of rotatable bonds is 5. The van der Waals surface area contributed by atoms with E-state index in [0.717, 1.165) is 26.1 Å². The van der Waals surface area contributed by atoms with Gasteiger partial charge in [-0.05, 0) is 45.4 Å². The van der Waals surface area contributed by atoms with Crippen LogP contribution in [0.2, 0.25) is 0 Å². The lowest BCUT2D eigenvalue weighted by molar-refractivity contribution is -0.0542. The predicted molar refractivity (Wildman–Crippen MR) is 84.2 cm³/mol. The van der Waals surface area contributed by atoms with E-state index in [1.807, 2.05) is 7.05 Å². The molecule has 2 unspecified atom stereocenters. The maximum atomic E-state index is 6.02. The Kier molecular flexibility index (Phi) is 5.58. The molecule has 1 aromatic carbocycles. The largest absolute Gasteiger partial charge is 0.374 e. The number of morpholine rings is 1. The van der Waals surface area contributed by atoms with Crippen LogP contribution in [0.25, 0.3) is 0 Å². The molecule has 112 valence electrons. The van der Waals surface area contributed by atoms with Crippen LogP contribution in [-0.4, -0.2) is 49.8 Å². The van der Waals surface area contributed by atoms with Gasteiger partial charge in [0, 0.05) is 25.2 Å². The van der Waals surface area contributed by atoms with E-state index in [2.05, 4.69) is 55.3 Å². The second-order valence-corrected chi connectivity index (χ2v) is 6.02. The standard InChI is InChI=1S/C17H28N2O/c1-13(2)19-9-10-20-17(12-19)16(18-4)11-15-8-6-5-7-14(15)3/h5-8,13,16-18H,9-12H2,1-4H3. The number of hydrogen-bond donors (Lipinski definition) is 1. The summed E-state index contributed by atoms with van der Waals surface area (Å²) in [6.45, 7) is 9.62. The molecule has 0 radical (unpaired) electrons. The van der Waals surface area contributed by atoms with Gasteiger partial charge in [-0.25, -0.2) is 0 Å². The maximum Gasteiger partial charge on any atom is 0.0858 e. The van der Waals surface area contributed by atoms with E-state index in [0.29, 0.717) is 12.1 Å². The molecule has 1 heterocycles. The van der Waals surface area contributed by atoms with E-state index < -0.39 is 0 Å². The highest BCUT2D eigenvalue weighted by Gasteiger charge is 2.28. The lowest BCUT2D eigenvalue weighted by atomic mass is 9.97. The van der Waals surface area contributed by atoms with Gasteiger partial charge in [-0.2, -0.15) is 0 Å². The smallest absolute Gasteiger partial charge is 0.0858 e. The summed E-state index contributed by atoms with van der Waals surface area (Å²) in [7, 11) is 2.04. The number of hydrogen-bond acceptors (Lipinski definition) is 3. The molecule has 1 aliphatic rings. The van der Waals surface area contributed by atoms with Crippen molar-refractivity contribution < 1.29 is 4.74 Å². The summed E-state index contributed by atoms with van der Waals surface area (Å²) in [6, 6.07) is 9.60. The van der Waals surface area contributed by atoms with Gasteiger partial charge < -0.3 is 10.1 Å². The number of ether oxygens (including phenoxy) is 1. The zero-order valence-corrected chi connectivity index (χ0v) is 13.2. The Morgan fingerprint density at radius 1 is 1.35 bits per heavy atom. The summed E-state index contributed by atoms with van der Waals surface area (Å²) in [4.78, 5) is 2.51.